The number of rotatable bonds is 6. The molecule has 0 spiro atoms. The number of hydrogen-bond donors (Lipinski definition) is 1. The number of halogens is 1. The van der Waals surface area contributed by atoms with E-state index in [2.05, 4.69) is 36.3 Å². The van der Waals surface area contributed by atoms with Crippen LogP contribution in [0.3, 0.4) is 0 Å². The van der Waals surface area contributed by atoms with Gasteiger partial charge in [-0.3, -0.25) is 9.36 Å². The molecule has 2 rings (SSSR count). The zero-order chi connectivity index (χ0) is 14.7. The van der Waals surface area contributed by atoms with Gasteiger partial charge in [-0.1, -0.05) is 25.4 Å². The molecule has 0 aliphatic heterocycles. The van der Waals surface area contributed by atoms with Crippen LogP contribution in [-0.4, -0.2) is 25.6 Å². The number of nitrogens with zero attached hydrogens (tertiary/aromatic N) is 4. The third-order valence-electron chi connectivity index (χ3n) is 3.25. The molecular formula is C14H22ClN5. The highest BCUT2D eigenvalue weighted by molar-refractivity contribution is 6.31. The van der Waals surface area contributed by atoms with Crippen LogP contribution in [0, 0.1) is 6.92 Å². The van der Waals surface area contributed by atoms with E-state index in [1.807, 2.05) is 28.6 Å². The first-order chi connectivity index (χ1) is 9.52. The van der Waals surface area contributed by atoms with Crippen molar-refractivity contribution in [2.45, 2.75) is 53.4 Å². The largest absolute Gasteiger partial charge is 0.309 e. The van der Waals surface area contributed by atoms with Crippen molar-refractivity contribution in [3.8, 4) is 0 Å². The maximum atomic E-state index is 6.35. The standard InChI is InChI=1S/C14H22ClN5/c1-5-19-13(14(15)11(4)18-19)9-20-12(6-7-17-20)8-16-10(2)3/h6-7,10,16H,5,8-9H2,1-4H3. The van der Waals surface area contributed by atoms with E-state index in [0.717, 1.165) is 35.2 Å². The van der Waals surface area contributed by atoms with Gasteiger partial charge in [-0.25, -0.2) is 0 Å². The summed E-state index contributed by atoms with van der Waals surface area (Å²) in [6.45, 7) is 10.5. The minimum atomic E-state index is 0.449. The second-order valence-electron chi connectivity index (χ2n) is 5.18. The van der Waals surface area contributed by atoms with Gasteiger partial charge in [-0.05, 0) is 19.9 Å². The monoisotopic (exact) mass is 295 g/mol. The van der Waals surface area contributed by atoms with E-state index < -0.39 is 0 Å². The normalized spacial score (nSPS) is 11.5. The van der Waals surface area contributed by atoms with Crippen molar-refractivity contribution >= 4 is 11.6 Å². The first kappa shape index (κ1) is 15.1. The van der Waals surface area contributed by atoms with E-state index in [9.17, 15) is 0 Å². The number of aromatic nitrogens is 4. The molecule has 2 aromatic rings. The highest BCUT2D eigenvalue weighted by Gasteiger charge is 2.14. The van der Waals surface area contributed by atoms with Gasteiger partial charge in [0.25, 0.3) is 0 Å². The number of hydrogen-bond acceptors (Lipinski definition) is 3. The van der Waals surface area contributed by atoms with Gasteiger partial charge < -0.3 is 5.32 Å². The minimum absolute atomic E-state index is 0.449. The molecule has 20 heavy (non-hydrogen) atoms. The van der Waals surface area contributed by atoms with Crippen molar-refractivity contribution in [1.82, 2.24) is 24.9 Å². The zero-order valence-corrected chi connectivity index (χ0v) is 13.3. The zero-order valence-electron chi connectivity index (χ0n) is 12.5. The fourth-order valence-electron chi connectivity index (χ4n) is 2.12. The summed E-state index contributed by atoms with van der Waals surface area (Å²) in [6.07, 6.45) is 1.82. The molecule has 0 fully saturated rings. The molecule has 0 aliphatic rings. The average Bonchev–Trinajstić information content (AvgIpc) is 2.96. The van der Waals surface area contributed by atoms with Crippen molar-refractivity contribution in [3.05, 3.63) is 34.4 Å². The average molecular weight is 296 g/mol. The van der Waals surface area contributed by atoms with Crippen molar-refractivity contribution in [2.75, 3.05) is 0 Å². The number of aryl methyl sites for hydroxylation is 2. The lowest BCUT2D eigenvalue weighted by Crippen LogP contribution is -2.24. The first-order valence-electron chi connectivity index (χ1n) is 6.98. The Bertz CT molecular complexity index is 570. The molecule has 2 aromatic heterocycles. The molecule has 0 aromatic carbocycles. The second-order valence-corrected chi connectivity index (χ2v) is 5.56. The first-order valence-corrected chi connectivity index (χ1v) is 7.36. The molecule has 0 atom stereocenters. The van der Waals surface area contributed by atoms with Gasteiger partial charge in [0.15, 0.2) is 0 Å². The Morgan fingerprint density at radius 1 is 1.35 bits per heavy atom. The van der Waals surface area contributed by atoms with Crippen LogP contribution in [0.5, 0.6) is 0 Å². The van der Waals surface area contributed by atoms with Crippen LogP contribution in [-0.2, 0) is 19.6 Å². The predicted octanol–water partition coefficient (Wildman–Crippen LogP) is 2.61. The van der Waals surface area contributed by atoms with Gasteiger partial charge >= 0.3 is 0 Å². The lowest BCUT2D eigenvalue weighted by atomic mass is 10.3. The molecule has 0 unspecified atom stereocenters. The molecule has 0 amide bonds. The lowest BCUT2D eigenvalue weighted by Gasteiger charge is -2.12. The molecule has 110 valence electrons. The van der Waals surface area contributed by atoms with E-state index >= 15 is 0 Å². The second kappa shape index (κ2) is 6.41. The van der Waals surface area contributed by atoms with Crippen LogP contribution in [0.2, 0.25) is 5.02 Å². The summed E-state index contributed by atoms with van der Waals surface area (Å²) < 4.78 is 3.92. The van der Waals surface area contributed by atoms with Gasteiger partial charge in [-0.15, -0.1) is 0 Å². The lowest BCUT2D eigenvalue weighted by molar-refractivity contribution is 0.528. The Hall–Kier alpha value is -1.33. The van der Waals surface area contributed by atoms with Gasteiger partial charge in [-0.2, -0.15) is 10.2 Å². The maximum absolute atomic E-state index is 6.35. The molecule has 0 radical (unpaired) electrons. The molecule has 5 nitrogen and oxygen atoms in total. The van der Waals surface area contributed by atoms with Crippen molar-refractivity contribution in [3.63, 3.8) is 0 Å². The molecule has 0 aliphatic carbocycles. The van der Waals surface area contributed by atoms with E-state index in [1.165, 1.54) is 0 Å². The molecule has 6 heteroatoms. The summed E-state index contributed by atoms with van der Waals surface area (Å²) in [5.41, 5.74) is 3.04. The van der Waals surface area contributed by atoms with Crippen LogP contribution in [0.1, 0.15) is 37.9 Å². The topological polar surface area (TPSA) is 47.7 Å². The van der Waals surface area contributed by atoms with Gasteiger partial charge in [0.2, 0.25) is 0 Å². The third kappa shape index (κ3) is 3.22. The summed E-state index contributed by atoms with van der Waals surface area (Å²) in [6, 6.07) is 2.48. The molecule has 1 N–H and O–H groups in total. The fourth-order valence-corrected chi connectivity index (χ4v) is 2.32. The summed E-state index contributed by atoms with van der Waals surface area (Å²) in [5.74, 6) is 0. The minimum Gasteiger partial charge on any atom is -0.309 e. The van der Waals surface area contributed by atoms with Gasteiger partial charge in [0.05, 0.1) is 28.6 Å². The Morgan fingerprint density at radius 2 is 2.10 bits per heavy atom. The van der Waals surface area contributed by atoms with Crippen LogP contribution >= 0.6 is 11.6 Å². The van der Waals surface area contributed by atoms with Crippen molar-refractivity contribution < 1.29 is 0 Å². The molecule has 0 saturated carbocycles. The molecular weight excluding hydrogens is 274 g/mol. The van der Waals surface area contributed by atoms with Crippen LogP contribution in [0.15, 0.2) is 12.3 Å². The van der Waals surface area contributed by atoms with E-state index in [1.54, 1.807) is 0 Å². The molecule has 0 saturated heterocycles. The van der Waals surface area contributed by atoms with Crippen LogP contribution < -0.4 is 5.32 Å². The highest BCUT2D eigenvalue weighted by atomic mass is 35.5. The number of nitrogens with one attached hydrogen (secondary N) is 1. The smallest absolute Gasteiger partial charge is 0.0866 e. The van der Waals surface area contributed by atoms with Crippen molar-refractivity contribution in [2.24, 2.45) is 0 Å². The van der Waals surface area contributed by atoms with E-state index in [-0.39, 0.29) is 0 Å². The fraction of sp³-hybridized carbons (Fsp3) is 0.571. The van der Waals surface area contributed by atoms with Crippen LogP contribution in [0.25, 0.3) is 0 Å². The summed E-state index contributed by atoms with van der Waals surface area (Å²) in [7, 11) is 0. The summed E-state index contributed by atoms with van der Waals surface area (Å²) >= 11 is 6.35. The maximum Gasteiger partial charge on any atom is 0.0866 e. The van der Waals surface area contributed by atoms with Crippen molar-refractivity contribution in [1.29, 1.82) is 0 Å². The van der Waals surface area contributed by atoms with Crippen LogP contribution in [0.4, 0.5) is 0 Å². The van der Waals surface area contributed by atoms with E-state index in [4.69, 9.17) is 11.6 Å². The van der Waals surface area contributed by atoms with Gasteiger partial charge in [0, 0.05) is 25.3 Å². The summed E-state index contributed by atoms with van der Waals surface area (Å²) in [4.78, 5) is 0. The summed E-state index contributed by atoms with van der Waals surface area (Å²) in [5, 5.41) is 13.0. The van der Waals surface area contributed by atoms with Gasteiger partial charge in [0.1, 0.15) is 0 Å². The SMILES string of the molecule is CCn1nc(C)c(Cl)c1Cn1nccc1CNC(C)C. The molecule has 2 heterocycles. The Balaban J connectivity index is 2.20. The predicted molar refractivity (Wildman–Crippen MR) is 81.0 cm³/mol. The quantitative estimate of drug-likeness (QED) is 0.891. The Labute approximate surface area is 124 Å². The van der Waals surface area contributed by atoms with E-state index in [0.29, 0.717) is 12.6 Å². The Morgan fingerprint density at radius 3 is 2.75 bits per heavy atom. The third-order valence-corrected chi connectivity index (χ3v) is 3.74. The molecule has 0 bridgehead atoms. The highest BCUT2D eigenvalue weighted by Crippen LogP contribution is 2.21. The Kier molecular flexibility index (Phi) is 4.83.